The molecule has 0 saturated heterocycles. The highest BCUT2D eigenvalue weighted by atomic mass is 16.2. The first kappa shape index (κ1) is 21.8. The Morgan fingerprint density at radius 1 is 1.12 bits per heavy atom. The van der Waals surface area contributed by atoms with Gasteiger partial charge in [0.1, 0.15) is 0 Å². The summed E-state index contributed by atoms with van der Waals surface area (Å²) in [7, 11) is 3.95. The largest absolute Gasteiger partial charge is 0.377 e. The van der Waals surface area contributed by atoms with Crippen molar-refractivity contribution in [2.75, 3.05) is 24.3 Å². The Morgan fingerprint density at radius 2 is 1.77 bits per heavy atom. The predicted molar refractivity (Wildman–Crippen MR) is 109 cm³/mol. The maximum Gasteiger partial charge on any atom is 0.318 e. The Morgan fingerprint density at radius 3 is 2.27 bits per heavy atom. The lowest BCUT2D eigenvalue weighted by atomic mass is 10.1. The van der Waals surface area contributed by atoms with Gasteiger partial charge >= 0.3 is 6.03 Å². The van der Waals surface area contributed by atoms with E-state index in [4.69, 9.17) is 0 Å². The number of hydrogen-bond donors (Lipinski definition) is 2. The number of nitrogens with zero attached hydrogens (tertiary/aromatic N) is 2. The molecule has 1 atom stereocenters. The fourth-order valence-electron chi connectivity index (χ4n) is 2.64. The molecule has 0 saturated carbocycles. The molecule has 146 valence electrons. The molecular formula is C20H34N4O2. The van der Waals surface area contributed by atoms with Crippen molar-refractivity contribution in [2.45, 2.75) is 66.1 Å². The number of carbonyl (C=O) groups is 2. The molecule has 1 aromatic rings. The number of rotatable bonds is 8. The maximum absolute atomic E-state index is 12.7. The highest BCUT2D eigenvalue weighted by Crippen LogP contribution is 2.25. The Balaban J connectivity index is 3.19. The molecule has 0 aliphatic rings. The summed E-state index contributed by atoms with van der Waals surface area (Å²) in [6.07, 6.45) is 1.30. The van der Waals surface area contributed by atoms with E-state index in [-0.39, 0.29) is 24.0 Å². The van der Waals surface area contributed by atoms with Crippen LogP contribution < -0.4 is 15.5 Å². The molecular weight excluding hydrogens is 328 g/mol. The van der Waals surface area contributed by atoms with E-state index in [2.05, 4.69) is 24.5 Å². The van der Waals surface area contributed by atoms with Crippen LogP contribution in [0.4, 0.5) is 16.2 Å². The van der Waals surface area contributed by atoms with E-state index in [1.54, 1.807) is 0 Å². The van der Waals surface area contributed by atoms with E-state index in [1.165, 1.54) is 0 Å². The van der Waals surface area contributed by atoms with Gasteiger partial charge in [-0.1, -0.05) is 13.8 Å². The molecule has 0 aromatic heterocycles. The molecule has 26 heavy (non-hydrogen) atoms. The van der Waals surface area contributed by atoms with Gasteiger partial charge in [-0.15, -0.1) is 0 Å². The van der Waals surface area contributed by atoms with Crippen LogP contribution in [0, 0.1) is 0 Å². The molecule has 3 amide bonds. The van der Waals surface area contributed by atoms with Crippen molar-refractivity contribution in [3.63, 3.8) is 0 Å². The highest BCUT2D eigenvalue weighted by molar-refractivity contribution is 5.90. The zero-order valence-electron chi connectivity index (χ0n) is 17.2. The minimum absolute atomic E-state index is 0.0233. The van der Waals surface area contributed by atoms with Crippen LogP contribution in [0.2, 0.25) is 0 Å². The first-order chi connectivity index (χ1) is 12.2. The molecule has 0 radical (unpaired) electrons. The second-order valence-electron chi connectivity index (χ2n) is 7.13. The quantitative estimate of drug-likeness (QED) is 0.739. The SMILES string of the molecule is CCC(=O)Nc1ccc(N(C)C)c(CN(C(=O)NC(C)C)C(C)CC)c1. The molecule has 2 N–H and O–H groups in total. The summed E-state index contributed by atoms with van der Waals surface area (Å²) >= 11 is 0. The van der Waals surface area contributed by atoms with E-state index >= 15 is 0 Å². The Bertz CT molecular complexity index is 614. The van der Waals surface area contributed by atoms with Crippen molar-refractivity contribution < 1.29 is 9.59 Å². The maximum atomic E-state index is 12.7. The Hall–Kier alpha value is -2.24. The number of benzene rings is 1. The molecule has 1 aromatic carbocycles. The smallest absolute Gasteiger partial charge is 0.318 e. The summed E-state index contributed by atoms with van der Waals surface area (Å²) < 4.78 is 0. The second kappa shape index (κ2) is 10.0. The molecule has 1 unspecified atom stereocenters. The lowest BCUT2D eigenvalue weighted by Crippen LogP contribution is -2.46. The third-order valence-electron chi connectivity index (χ3n) is 4.30. The molecule has 0 fully saturated rings. The van der Waals surface area contributed by atoms with Crippen molar-refractivity contribution in [1.82, 2.24) is 10.2 Å². The number of carbonyl (C=O) groups excluding carboxylic acids is 2. The number of anilines is 2. The van der Waals surface area contributed by atoms with Crippen LogP contribution in [0.15, 0.2) is 18.2 Å². The van der Waals surface area contributed by atoms with Gasteiger partial charge in [-0.3, -0.25) is 4.79 Å². The normalized spacial score (nSPS) is 11.8. The Labute approximate surface area is 157 Å². The molecule has 0 spiro atoms. The van der Waals surface area contributed by atoms with Crippen molar-refractivity contribution in [1.29, 1.82) is 0 Å². The standard InChI is InChI=1S/C20H34N4O2/c1-8-15(5)24(20(26)21-14(3)4)13-16-12-17(22-19(25)9-2)10-11-18(16)23(6)7/h10-12,14-15H,8-9,13H2,1-7H3,(H,21,26)(H,22,25). The van der Waals surface area contributed by atoms with E-state index in [9.17, 15) is 9.59 Å². The van der Waals surface area contributed by atoms with Gasteiger partial charge in [0.15, 0.2) is 0 Å². The van der Waals surface area contributed by atoms with Crippen LogP contribution in [-0.4, -0.2) is 43.0 Å². The average Bonchev–Trinajstić information content (AvgIpc) is 2.57. The van der Waals surface area contributed by atoms with Gasteiger partial charge in [-0.25, -0.2) is 4.79 Å². The third kappa shape index (κ3) is 6.24. The summed E-state index contributed by atoms with van der Waals surface area (Å²) in [5, 5.41) is 5.89. The van der Waals surface area contributed by atoms with Crippen LogP contribution in [-0.2, 0) is 11.3 Å². The monoisotopic (exact) mass is 362 g/mol. The molecule has 6 nitrogen and oxygen atoms in total. The summed E-state index contributed by atoms with van der Waals surface area (Å²) in [5.74, 6) is -0.0233. The zero-order valence-corrected chi connectivity index (χ0v) is 17.2. The minimum atomic E-state index is -0.0675. The van der Waals surface area contributed by atoms with Gasteiger partial charge in [0.2, 0.25) is 5.91 Å². The minimum Gasteiger partial charge on any atom is -0.377 e. The van der Waals surface area contributed by atoms with Gasteiger partial charge in [0.05, 0.1) is 0 Å². The lowest BCUT2D eigenvalue weighted by Gasteiger charge is -2.31. The number of nitrogens with one attached hydrogen (secondary N) is 2. The lowest BCUT2D eigenvalue weighted by molar-refractivity contribution is -0.115. The van der Waals surface area contributed by atoms with Crippen LogP contribution in [0.25, 0.3) is 0 Å². The van der Waals surface area contributed by atoms with Gasteiger partial charge in [-0.2, -0.15) is 0 Å². The topological polar surface area (TPSA) is 64.7 Å². The fraction of sp³-hybridized carbons (Fsp3) is 0.600. The van der Waals surface area contributed by atoms with E-state index in [0.717, 1.165) is 23.4 Å². The molecule has 0 heterocycles. The third-order valence-corrected chi connectivity index (χ3v) is 4.30. The van der Waals surface area contributed by atoms with E-state index < -0.39 is 0 Å². The van der Waals surface area contributed by atoms with Gasteiger partial charge in [0, 0.05) is 50.5 Å². The summed E-state index contributed by atoms with van der Waals surface area (Å²) in [6, 6.07) is 5.96. The molecule has 0 aliphatic heterocycles. The van der Waals surface area contributed by atoms with Gasteiger partial charge in [-0.05, 0) is 51.0 Å². The summed E-state index contributed by atoms with van der Waals surface area (Å²) in [4.78, 5) is 28.3. The van der Waals surface area contributed by atoms with Crippen LogP contribution in [0.3, 0.4) is 0 Å². The second-order valence-corrected chi connectivity index (χ2v) is 7.13. The number of hydrogen-bond acceptors (Lipinski definition) is 3. The Kier molecular flexibility index (Phi) is 8.42. The average molecular weight is 363 g/mol. The molecule has 0 bridgehead atoms. The summed E-state index contributed by atoms with van der Waals surface area (Å²) in [5.41, 5.74) is 2.79. The van der Waals surface area contributed by atoms with Gasteiger partial charge in [0.25, 0.3) is 0 Å². The zero-order chi connectivity index (χ0) is 19.9. The van der Waals surface area contributed by atoms with Crippen LogP contribution in [0.1, 0.15) is 53.0 Å². The van der Waals surface area contributed by atoms with Gasteiger partial charge < -0.3 is 20.4 Å². The van der Waals surface area contributed by atoms with Crippen LogP contribution >= 0.6 is 0 Å². The fourth-order valence-corrected chi connectivity index (χ4v) is 2.64. The van der Waals surface area contributed by atoms with Crippen molar-refractivity contribution >= 4 is 23.3 Å². The number of amides is 3. The van der Waals surface area contributed by atoms with Crippen molar-refractivity contribution in [3.05, 3.63) is 23.8 Å². The van der Waals surface area contributed by atoms with E-state index in [1.807, 2.05) is 62.9 Å². The molecule has 0 aliphatic carbocycles. The van der Waals surface area contributed by atoms with E-state index in [0.29, 0.717) is 13.0 Å². The molecule has 6 heteroatoms. The highest BCUT2D eigenvalue weighted by Gasteiger charge is 2.21. The first-order valence-electron chi connectivity index (χ1n) is 9.36. The predicted octanol–water partition coefficient (Wildman–Crippen LogP) is 3.82. The summed E-state index contributed by atoms with van der Waals surface area (Å²) in [6.45, 7) is 10.4. The number of urea groups is 1. The van der Waals surface area contributed by atoms with Crippen molar-refractivity contribution in [3.8, 4) is 0 Å². The van der Waals surface area contributed by atoms with Crippen molar-refractivity contribution in [2.24, 2.45) is 0 Å². The van der Waals surface area contributed by atoms with Crippen LogP contribution in [0.5, 0.6) is 0 Å². The molecule has 1 rings (SSSR count). The first-order valence-corrected chi connectivity index (χ1v) is 9.36.